The van der Waals surface area contributed by atoms with Gasteiger partial charge in [-0.05, 0) is 42.8 Å². The maximum Gasteiger partial charge on any atom is 0.327 e. The maximum absolute atomic E-state index is 12.5. The quantitative estimate of drug-likeness (QED) is 0.551. The Balaban J connectivity index is 1.75. The number of carbonyl (C=O) groups is 2. The highest BCUT2D eigenvalue weighted by atomic mass is 16.5. The van der Waals surface area contributed by atoms with Crippen molar-refractivity contribution in [2.45, 2.75) is 6.92 Å². The number of amides is 2. The fourth-order valence-electron chi connectivity index (χ4n) is 3.35. The Kier molecular flexibility index (Phi) is 6.37. The number of anilines is 2. The first kappa shape index (κ1) is 23.3. The minimum Gasteiger partial charge on any atom is -0.493 e. The molecule has 0 saturated carbocycles. The van der Waals surface area contributed by atoms with Gasteiger partial charge in [0, 0.05) is 25.7 Å². The molecular formula is C24H22N6O5. The summed E-state index contributed by atoms with van der Waals surface area (Å²) < 4.78 is 17.2. The summed E-state index contributed by atoms with van der Waals surface area (Å²) in [6, 6.07) is 11.7. The number of aryl methyl sites for hydroxylation is 1. The number of fused-ring (bicyclic) bond motifs is 1. The summed E-state index contributed by atoms with van der Waals surface area (Å²) in [6.07, 6.45) is 0. The predicted molar refractivity (Wildman–Crippen MR) is 126 cm³/mol. The Morgan fingerprint density at radius 3 is 2.63 bits per heavy atom. The highest BCUT2D eigenvalue weighted by molar-refractivity contribution is 6.01. The van der Waals surface area contributed by atoms with Crippen LogP contribution in [0.2, 0.25) is 0 Å². The lowest BCUT2D eigenvalue weighted by molar-refractivity contribution is -0.114. The monoisotopic (exact) mass is 474 g/mol. The van der Waals surface area contributed by atoms with Gasteiger partial charge in [-0.2, -0.15) is 15.2 Å². The Morgan fingerprint density at radius 2 is 1.91 bits per heavy atom. The number of methoxy groups -OCH3 is 1. The Bertz CT molecular complexity index is 1370. The molecule has 0 bridgehead atoms. The minimum absolute atomic E-state index is 0.00205. The van der Waals surface area contributed by atoms with E-state index in [4.69, 9.17) is 14.2 Å². The molecule has 0 atom stereocenters. The highest BCUT2D eigenvalue weighted by Gasteiger charge is 2.25. The third kappa shape index (κ3) is 5.06. The van der Waals surface area contributed by atoms with Crippen molar-refractivity contribution in [1.29, 1.82) is 5.26 Å². The molecule has 0 fully saturated rings. The topological polar surface area (TPSA) is 139 Å². The molecule has 0 radical (unpaired) electrons. The molecule has 35 heavy (non-hydrogen) atoms. The van der Waals surface area contributed by atoms with Crippen LogP contribution < -0.4 is 24.8 Å². The first-order valence-electron chi connectivity index (χ1n) is 10.5. The smallest absolute Gasteiger partial charge is 0.327 e. The number of hydrogen-bond donors (Lipinski definition) is 2. The van der Waals surface area contributed by atoms with Gasteiger partial charge in [-0.15, -0.1) is 0 Å². The van der Waals surface area contributed by atoms with Gasteiger partial charge < -0.3 is 29.7 Å². The number of benzene rings is 2. The van der Waals surface area contributed by atoms with E-state index >= 15 is 0 Å². The van der Waals surface area contributed by atoms with Gasteiger partial charge in [0.25, 0.3) is 11.8 Å². The first-order valence-corrected chi connectivity index (χ1v) is 10.5. The average molecular weight is 474 g/mol. The number of aromatic nitrogens is 2. The molecule has 178 valence electrons. The van der Waals surface area contributed by atoms with Gasteiger partial charge in [0.2, 0.25) is 5.91 Å². The molecule has 0 spiro atoms. The van der Waals surface area contributed by atoms with Crippen LogP contribution in [0.25, 0.3) is 0 Å². The number of carbonyl (C=O) groups excluding carboxylic acids is 2. The zero-order chi connectivity index (χ0) is 25.1. The molecule has 1 aliphatic rings. The molecule has 3 aromatic rings. The Labute approximate surface area is 201 Å². The molecule has 2 heterocycles. The lowest BCUT2D eigenvalue weighted by Gasteiger charge is -2.21. The normalized spacial score (nSPS) is 11.9. The van der Waals surface area contributed by atoms with Crippen LogP contribution >= 0.6 is 0 Å². The third-order valence-corrected chi connectivity index (χ3v) is 4.95. The Morgan fingerprint density at radius 1 is 1.11 bits per heavy atom. The summed E-state index contributed by atoms with van der Waals surface area (Å²) in [4.78, 5) is 34.6. The van der Waals surface area contributed by atoms with Gasteiger partial charge in [0.15, 0.2) is 17.3 Å². The van der Waals surface area contributed by atoms with Gasteiger partial charge in [-0.3, -0.25) is 9.59 Å². The minimum atomic E-state index is -0.296. The summed E-state index contributed by atoms with van der Waals surface area (Å²) in [5.41, 5.74) is 1.82. The fraction of sp³-hybridized carbons (Fsp3) is 0.208. The number of ether oxygens (including phenoxy) is 3. The van der Waals surface area contributed by atoms with E-state index in [1.54, 1.807) is 44.4 Å². The molecule has 0 unspecified atom stereocenters. The van der Waals surface area contributed by atoms with Crippen molar-refractivity contribution in [3.8, 4) is 35.2 Å². The number of rotatable bonds is 6. The lowest BCUT2D eigenvalue weighted by atomic mass is 10.1. The van der Waals surface area contributed by atoms with Crippen molar-refractivity contribution in [3.05, 3.63) is 53.1 Å². The van der Waals surface area contributed by atoms with Crippen molar-refractivity contribution < 1.29 is 23.8 Å². The van der Waals surface area contributed by atoms with Crippen LogP contribution in [0.15, 0.2) is 36.4 Å². The van der Waals surface area contributed by atoms with E-state index in [0.29, 0.717) is 22.6 Å². The van der Waals surface area contributed by atoms with Crippen LogP contribution in [0.1, 0.15) is 21.5 Å². The third-order valence-electron chi connectivity index (χ3n) is 4.95. The van der Waals surface area contributed by atoms with Crippen molar-refractivity contribution >= 4 is 23.3 Å². The van der Waals surface area contributed by atoms with Gasteiger partial charge in [0.05, 0.1) is 25.3 Å². The van der Waals surface area contributed by atoms with Crippen LogP contribution in [0.3, 0.4) is 0 Å². The van der Waals surface area contributed by atoms with Crippen molar-refractivity contribution in [1.82, 2.24) is 14.9 Å². The van der Waals surface area contributed by atoms with Crippen molar-refractivity contribution in [2.24, 2.45) is 0 Å². The van der Waals surface area contributed by atoms with Crippen LogP contribution in [-0.2, 0) is 4.79 Å². The molecule has 2 N–H and O–H groups in total. The highest BCUT2D eigenvalue weighted by Crippen LogP contribution is 2.39. The van der Waals surface area contributed by atoms with Gasteiger partial charge in [-0.1, -0.05) is 0 Å². The number of hydrogen-bond acceptors (Lipinski definition) is 9. The maximum atomic E-state index is 12.5. The molecule has 11 nitrogen and oxygen atoms in total. The molecule has 1 aliphatic heterocycles. The second-order valence-electron chi connectivity index (χ2n) is 7.85. The molecule has 0 saturated heterocycles. The van der Waals surface area contributed by atoms with E-state index in [9.17, 15) is 14.9 Å². The Hall–Kier alpha value is -4.85. The molecule has 2 amide bonds. The summed E-state index contributed by atoms with van der Waals surface area (Å²) in [5, 5.41) is 14.8. The van der Waals surface area contributed by atoms with Crippen molar-refractivity contribution in [3.63, 3.8) is 0 Å². The van der Waals surface area contributed by atoms with Gasteiger partial charge in [-0.25, -0.2) is 0 Å². The molecule has 0 aliphatic carbocycles. The van der Waals surface area contributed by atoms with Gasteiger partial charge >= 0.3 is 6.01 Å². The molecule has 4 rings (SSSR count). The van der Waals surface area contributed by atoms with Crippen LogP contribution in [0, 0.1) is 18.3 Å². The number of nitrogens with one attached hydrogen (secondary N) is 2. The van der Waals surface area contributed by atoms with E-state index in [1.807, 2.05) is 13.0 Å². The zero-order valence-corrected chi connectivity index (χ0v) is 19.5. The molecule has 1 aromatic heterocycles. The number of nitrogens with zero attached hydrogens (tertiary/aromatic N) is 4. The van der Waals surface area contributed by atoms with Crippen LogP contribution in [-0.4, -0.2) is 54.4 Å². The van der Waals surface area contributed by atoms with E-state index in [2.05, 4.69) is 20.6 Å². The summed E-state index contributed by atoms with van der Waals surface area (Å²) in [6.45, 7) is 1.84. The standard InChI is InChI=1S/C24H22N6O5/c1-13-7-15(23(32)30(2)3)10-16(8-13)34-22-20-21(26-12-19(31)27-20)28-24(29-22)35-18-9-14(11-25)5-6-17(18)33-4/h5-10H,12H2,1-4H3,(H,27,31)(H,26,28,29). The molecular weight excluding hydrogens is 452 g/mol. The lowest BCUT2D eigenvalue weighted by Crippen LogP contribution is -2.28. The molecule has 11 heteroatoms. The van der Waals surface area contributed by atoms with E-state index in [-0.39, 0.29) is 47.5 Å². The van der Waals surface area contributed by atoms with Crippen LogP contribution in [0.5, 0.6) is 29.1 Å². The van der Waals surface area contributed by atoms with E-state index < -0.39 is 0 Å². The second kappa shape index (κ2) is 9.56. The summed E-state index contributed by atoms with van der Waals surface area (Å²) in [7, 11) is 4.79. The van der Waals surface area contributed by atoms with Crippen LogP contribution in [0.4, 0.5) is 11.5 Å². The molecule has 2 aromatic carbocycles. The SMILES string of the molecule is COc1ccc(C#N)cc1Oc1nc2c(c(Oc3cc(C)cc(C(=O)N(C)C)c3)n1)NC(=O)CN2. The first-order chi connectivity index (χ1) is 16.8. The average Bonchev–Trinajstić information content (AvgIpc) is 2.83. The fourth-order valence-corrected chi connectivity index (χ4v) is 3.35. The van der Waals surface area contributed by atoms with Gasteiger partial charge in [0.1, 0.15) is 11.4 Å². The second-order valence-corrected chi connectivity index (χ2v) is 7.85. The van der Waals surface area contributed by atoms with Crippen molar-refractivity contribution in [2.75, 3.05) is 38.4 Å². The largest absolute Gasteiger partial charge is 0.493 e. The van der Waals surface area contributed by atoms with E-state index in [1.165, 1.54) is 18.1 Å². The number of nitriles is 1. The predicted octanol–water partition coefficient (Wildman–Crippen LogP) is 3.32. The summed E-state index contributed by atoms with van der Waals surface area (Å²) >= 11 is 0. The van der Waals surface area contributed by atoms with E-state index in [0.717, 1.165) is 5.56 Å². The zero-order valence-electron chi connectivity index (χ0n) is 19.5. The summed E-state index contributed by atoms with van der Waals surface area (Å²) in [5.74, 6) is 0.756.